The van der Waals surface area contributed by atoms with Crippen molar-refractivity contribution >= 4 is 38.6 Å². The van der Waals surface area contributed by atoms with Gasteiger partial charge in [0.25, 0.3) is 11.8 Å². The minimum Gasteiger partial charge on any atom is -0.504 e. The Balaban J connectivity index is 1.70. The highest BCUT2D eigenvalue weighted by atomic mass is 32.2. The zero-order valence-corrected chi connectivity index (χ0v) is 19.7. The second-order valence-corrected chi connectivity index (χ2v) is 9.98. The van der Waals surface area contributed by atoms with E-state index >= 15 is 0 Å². The van der Waals surface area contributed by atoms with Crippen molar-refractivity contribution in [1.82, 2.24) is 20.6 Å². The van der Waals surface area contributed by atoms with Gasteiger partial charge in [0, 0.05) is 36.8 Å². The first-order chi connectivity index (χ1) is 16.7. The number of anilines is 1. The van der Waals surface area contributed by atoms with Crippen LogP contribution >= 0.6 is 0 Å². The molecule has 35 heavy (non-hydrogen) atoms. The van der Waals surface area contributed by atoms with Crippen molar-refractivity contribution in [2.75, 3.05) is 23.1 Å². The Hall–Kier alpha value is -3.80. The maximum Gasteiger partial charge on any atom is 0.274 e. The summed E-state index contributed by atoms with van der Waals surface area (Å²) in [6, 6.07) is 6.77. The standard InChI is InChI=1S/C23H24FN5O5S/c1-2-25-22(31)17-12-15(24)8-7-14(17)13-27-23(32)19-20(30)18-16(6-5-9-26-18)21(28-19)29-10-3-4-11-35(29,33)34/h5-9,12,30H,2-4,10-11,13H2,1H3,(H,25,31)(H,27,32). The van der Waals surface area contributed by atoms with Crippen LogP contribution < -0.4 is 14.9 Å². The van der Waals surface area contributed by atoms with Gasteiger partial charge in [-0.1, -0.05) is 6.07 Å². The lowest BCUT2D eigenvalue weighted by atomic mass is 10.1. The quantitative estimate of drug-likeness (QED) is 0.470. The molecule has 0 bridgehead atoms. The molecule has 0 radical (unpaired) electrons. The number of aromatic nitrogens is 2. The van der Waals surface area contributed by atoms with Crippen LogP contribution in [-0.2, 0) is 16.6 Å². The van der Waals surface area contributed by atoms with E-state index in [2.05, 4.69) is 20.6 Å². The van der Waals surface area contributed by atoms with E-state index in [1.165, 1.54) is 18.3 Å². The van der Waals surface area contributed by atoms with Gasteiger partial charge in [-0.2, -0.15) is 0 Å². The third-order valence-corrected chi connectivity index (χ3v) is 7.44. The molecule has 2 aromatic heterocycles. The normalized spacial score (nSPS) is 15.1. The van der Waals surface area contributed by atoms with Gasteiger partial charge < -0.3 is 15.7 Å². The number of rotatable bonds is 6. The predicted molar refractivity (Wildman–Crippen MR) is 127 cm³/mol. The fraction of sp³-hybridized carbons (Fsp3) is 0.304. The Morgan fingerprint density at radius 2 is 1.97 bits per heavy atom. The first kappa shape index (κ1) is 24.3. The lowest BCUT2D eigenvalue weighted by molar-refractivity contribution is 0.0931. The van der Waals surface area contributed by atoms with E-state index in [-0.39, 0.29) is 35.7 Å². The number of hydrogen-bond acceptors (Lipinski definition) is 7. The summed E-state index contributed by atoms with van der Waals surface area (Å²) < 4.78 is 40.3. The first-order valence-corrected chi connectivity index (χ1v) is 12.7. The van der Waals surface area contributed by atoms with E-state index < -0.39 is 39.1 Å². The van der Waals surface area contributed by atoms with E-state index in [1.54, 1.807) is 19.1 Å². The van der Waals surface area contributed by atoms with Crippen LogP contribution in [0, 0.1) is 5.82 Å². The molecule has 0 saturated carbocycles. The van der Waals surface area contributed by atoms with Gasteiger partial charge in [0.05, 0.1) is 5.75 Å². The van der Waals surface area contributed by atoms with Crippen molar-refractivity contribution in [3.8, 4) is 5.75 Å². The summed E-state index contributed by atoms with van der Waals surface area (Å²) in [5, 5.41) is 16.2. The number of nitrogens with one attached hydrogen (secondary N) is 2. The topological polar surface area (TPSA) is 142 Å². The van der Waals surface area contributed by atoms with Gasteiger partial charge in [-0.05, 0) is 49.6 Å². The van der Waals surface area contributed by atoms with Crippen molar-refractivity contribution in [2.24, 2.45) is 0 Å². The van der Waals surface area contributed by atoms with Gasteiger partial charge in [0.2, 0.25) is 10.0 Å². The number of sulfonamides is 1. The highest BCUT2D eigenvalue weighted by molar-refractivity contribution is 7.92. The maximum atomic E-state index is 13.7. The molecule has 0 atom stereocenters. The second-order valence-electron chi connectivity index (χ2n) is 7.97. The molecule has 1 aromatic carbocycles. The predicted octanol–water partition coefficient (Wildman–Crippen LogP) is 2.08. The molecule has 4 rings (SSSR count). The molecule has 12 heteroatoms. The summed E-state index contributed by atoms with van der Waals surface area (Å²) in [7, 11) is -3.65. The minimum atomic E-state index is -3.65. The Bertz CT molecular complexity index is 1410. The van der Waals surface area contributed by atoms with Crippen molar-refractivity contribution in [3.05, 3.63) is 59.2 Å². The van der Waals surface area contributed by atoms with Gasteiger partial charge in [-0.25, -0.2) is 17.8 Å². The molecule has 0 aliphatic carbocycles. The van der Waals surface area contributed by atoms with E-state index in [1.807, 2.05) is 0 Å². The number of amides is 2. The third kappa shape index (κ3) is 4.87. The lowest BCUT2D eigenvalue weighted by Gasteiger charge is -2.28. The zero-order chi connectivity index (χ0) is 25.2. The largest absolute Gasteiger partial charge is 0.504 e. The van der Waals surface area contributed by atoms with Crippen LogP contribution in [0.25, 0.3) is 10.9 Å². The minimum absolute atomic E-state index is 0.0144. The molecule has 3 aromatic rings. The molecular formula is C23H24FN5O5S. The molecule has 1 fully saturated rings. The summed E-state index contributed by atoms with van der Waals surface area (Å²) >= 11 is 0. The number of nitrogens with zero attached hydrogens (tertiary/aromatic N) is 3. The number of hydrogen-bond donors (Lipinski definition) is 3. The molecule has 1 aliphatic heterocycles. The van der Waals surface area contributed by atoms with E-state index in [0.717, 1.165) is 10.4 Å². The van der Waals surface area contributed by atoms with Crippen LogP contribution in [0.5, 0.6) is 5.75 Å². The Morgan fingerprint density at radius 3 is 2.71 bits per heavy atom. The number of pyridine rings is 2. The van der Waals surface area contributed by atoms with E-state index in [4.69, 9.17) is 0 Å². The van der Waals surface area contributed by atoms with Crippen molar-refractivity contribution in [2.45, 2.75) is 26.3 Å². The van der Waals surface area contributed by atoms with E-state index in [9.17, 15) is 27.5 Å². The SMILES string of the molecule is CCNC(=O)c1cc(F)ccc1CNC(=O)c1nc(N2CCCCS2(=O)=O)c2cccnc2c1O. The van der Waals surface area contributed by atoms with Gasteiger partial charge >= 0.3 is 0 Å². The summed E-state index contributed by atoms with van der Waals surface area (Å²) in [5.41, 5.74) is 0.0365. The van der Waals surface area contributed by atoms with Crippen LogP contribution in [0.4, 0.5) is 10.2 Å². The fourth-order valence-electron chi connectivity index (χ4n) is 3.91. The molecule has 0 unspecified atom stereocenters. The maximum absolute atomic E-state index is 13.7. The van der Waals surface area contributed by atoms with Crippen molar-refractivity contribution in [3.63, 3.8) is 0 Å². The van der Waals surface area contributed by atoms with Crippen molar-refractivity contribution in [1.29, 1.82) is 0 Å². The lowest BCUT2D eigenvalue weighted by Crippen LogP contribution is -2.39. The molecule has 10 nitrogen and oxygen atoms in total. The fourth-order valence-corrected chi connectivity index (χ4v) is 5.51. The van der Waals surface area contributed by atoms with Crippen LogP contribution in [0.1, 0.15) is 46.2 Å². The van der Waals surface area contributed by atoms with Crippen LogP contribution in [0.15, 0.2) is 36.5 Å². The van der Waals surface area contributed by atoms with Crippen molar-refractivity contribution < 1.29 is 27.5 Å². The summed E-state index contributed by atoms with van der Waals surface area (Å²) in [6.45, 7) is 2.09. The highest BCUT2D eigenvalue weighted by Crippen LogP contribution is 2.35. The summed E-state index contributed by atoms with van der Waals surface area (Å²) in [6.07, 6.45) is 2.56. The molecule has 184 valence electrons. The Kier molecular flexibility index (Phi) is 6.83. The molecule has 2 amide bonds. The summed E-state index contributed by atoms with van der Waals surface area (Å²) in [5.74, 6) is -2.44. The molecule has 1 saturated heterocycles. The number of fused-ring (bicyclic) bond motifs is 1. The monoisotopic (exact) mass is 501 g/mol. The average Bonchev–Trinajstić information content (AvgIpc) is 2.84. The number of aromatic hydroxyl groups is 1. The Labute approximate surface area is 201 Å². The van der Waals surface area contributed by atoms with Gasteiger partial charge in [-0.15, -0.1) is 0 Å². The Morgan fingerprint density at radius 1 is 1.17 bits per heavy atom. The van der Waals surface area contributed by atoms with Crippen LogP contribution in [-0.4, -0.2) is 54.1 Å². The second kappa shape index (κ2) is 9.82. The molecular weight excluding hydrogens is 477 g/mol. The third-order valence-electron chi connectivity index (χ3n) is 5.61. The molecule has 0 spiro atoms. The van der Waals surface area contributed by atoms with E-state index in [0.29, 0.717) is 30.3 Å². The molecule has 3 heterocycles. The number of carbonyl (C=O) groups is 2. The number of benzene rings is 1. The summed E-state index contributed by atoms with van der Waals surface area (Å²) in [4.78, 5) is 33.7. The molecule has 3 N–H and O–H groups in total. The first-order valence-electron chi connectivity index (χ1n) is 11.1. The van der Waals surface area contributed by atoms with Crippen LogP contribution in [0.2, 0.25) is 0 Å². The van der Waals surface area contributed by atoms with Gasteiger partial charge in [0.15, 0.2) is 17.3 Å². The number of carbonyl (C=O) groups excluding carboxylic acids is 2. The van der Waals surface area contributed by atoms with Gasteiger partial charge in [0.1, 0.15) is 11.3 Å². The van der Waals surface area contributed by atoms with Crippen LogP contribution in [0.3, 0.4) is 0 Å². The molecule has 1 aliphatic rings. The van der Waals surface area contributed by atoms with Gasteiger partial charge in [-0.3, -0.25) is 18.9 Å². The number of halogens is 1. The average molecular weight is 502 g/mol. The zero-order valence-electron chi connectivity index (χ0n) is 18.9. The highest BCUT2D eigenvalue weighted by Gasteiger charge is 2.31. The smallest absolute Gasteiger partial charge is 0.274 e.